The highest BCUT2D eigenvalue weighted by atomic mass is 16.4. The summed E-state index contributed by atoms with van der Waals surface area (Å²) in [6, 6.07) is 0. The molecular formula is C6H7NO3. The summed E-state index contributed by atoms with van der Waals surface area (Å²) in [5, 5.41) is 10.8. The molecule has 0 bridgehead atoms. The molecule has 0 aromatic rings. The standard InChI is InChI=1S/C6H7NO3/c8-4-2-1-3-5(9)6(4)7-10/h10H,1-3H2. The molecule has 0 spiro atoms. The van der Waals surface area contributed by atoms with Gasteiger partial charge in [0, 0.05) is 12.8 Å². The molecule has 0 unspecified atom stereocenters. The van der Waals surface area contributed by atoms with Crippen molar-refractivity contribution in [2.45, 2.75) is 19.3 Å². The minimum atomic E-state index is -0.348. The smallest absolute Gasteiger partial charge is 0.188 e. The Hall–Kier alpha value is -1.19. The zero-order valence-electron chi connectivity index (χ0n) is 5.33. The lowest BCUT2D eigenvalue weighted by molar-refractivity contribution is -0.119. The zero-order chi connectivity index (χ0) is 7.56. The Balaban J connectivity index is 2.83. The summed E-state index contributed by atoms with van der Waals surface area (Å²) < 4.78 is 0. The van der Waals surface area contributed by atoms with Crippen molar-refractivity contribution in [2.24, 2.45) is 5.16 Å². The molecule has 0 saturated heterocycles. The van der Waals surface area contributed by atoms with Gasteiger partial charge in [0.15, 0.2) is 17.3 Å². The maximum Gasteiger partial charge on any atom is 0.188 e. The van der Waals surface area contributed by atoms with Crippen LogP contribution in [0.25, 0.3) is 0 Å². The first-order chi connectivity index (χ1) is 4.75. The molecular weight excluding hydrogens is 134 g/mol. The lowest BCUT2D eigenvalue weighted by atomic mass is 9.96. The number of carbonyl (C=O) groups is 2. The van der Waals surface area contributed by atoms with Gasteiger partial charge in [-0.25, -0.2) is 0 Å². The number of oxime groups is 1. The molecule has 0 radical (unpaired) electrons. The number of nitrogens with zero attached hydrogens (tertiary/aromatic N) is 1. The molecule has 4 heteroatoms. The summed E-state index contributed by atoms with van der Waals surface area (Å²) in [5.41, 5.74) is -0.286. The predicted octanol–water partition coefficient (Wildman–Crippen LogP) is 0.139. The maximum atomic E-state index is 10.7. The maximum absolute atomic E-state index is 10.7. The lowest BCUT2D eigenvalue weighted by Crippen LogP contribution is -2.28. The highest BCUT2D eigenvalue weighted by Gasteiger charge is 2.24. The van der Waals surface area contributed by atoms with Crippen molar-refractivity contribution in [1.29, 1.82) is 0 Å². The van der Waals surface area contributed by atoms with Crippen LogP contribution in [0.1, 0.15) is 19.3 Å². The van der Waals surface area contributed by atoms with Crippen molar-refractivity contribution in [3.05, 3.63) is 0 Å². The van der Waals surface area contributed by atoms with Crippen molar-refractivity contribution in [3.8, 4) is 0 Å². The van der Waals surface area contributed by atoms with Gasteiger partial charge in [-0.1, -0.05) is 5.16 Å². The molecule has 4 nitrogen and oxygen atoms in total. The normalized spacial score (nSPS) is 19.4. The third kappa shape index (κ3) is 1.05. The number of Topliss-reactive ketones (excluding diaryl/α,β-unsaturated/α-hetero) is 2. The molecule has 0 atom stereocenters. The molecule has 0 aliphatic heterocycles. The average molecular weight is 141 g/mol. The van der Waals surface area contributed by atoms with Crippen LogP contribution in [-0.2, 0) is 9.59 Å². The first-order valence-electron chi connectivity index (χ1n) is 3.04. The summed E-state index contributed by atoms with van der Waals surface area (Å²) in [4.78, 5) is 21.4. The van der Waals surface area contributed by atoms with Crippen LogP contribution in [0.3, 0.4) is 0 Å². The first-order valence-corrected chi connectivity index (χ1v) is 3.04. The number of carbonyl (C=O) groups excluding carboxylic acids is 2. The Labute approximate surface area is 57.5 Å². The third-order valence-corrected chi connectivity index (χ3v) is 1.44. The van der Waals surface area contributed by atoms with Gasteiger partial charge in [-0.15, -0.1) is 0 Å². The number of rotatable bonds is 0. The van der Waals surface area contributed by atoms with E-state index in [0.717, 1.165) is 0 Å². The van der Waals surface area contributed by atoms with Gasteiger partial charge in [-0.05, 0) is 6.42 Å². The summed E-state index contributed by atoms with van der Waals surface area (Å²) in [6.45, 7) is 0. The van der Waals surface area contributed by atoms with E-state index in [1.54, 1.807) is 0 Å². The topological polar surface area (TPSA) is 66.7 Å². The van der Waals surface area contributed by atoms with E-state index in [-0.39, 0.29) is 17.3 Å². The minimum Gasteiger partial charge on any atom is -0.410 e. The Morgan fingerprint density at radius 3 is 2.00 bits per heavy atom. The van der Waals surface area contributed by atoms with E-state index < -0.39 is 0 Å². The van der Waals surface area contributed by atoms with Crippen LogP contribution < -0.4 is 0 Å². The van der Waals surface area contributed by atoms with E-state index in [2.05, 4.69) is 5.16 Å². The third-order valence-electron chi connectivity index (χ3n) is 1.44. The quantitative estimate of drug-likeness (QED) is 0.385. The van der Waals surface area contributed by atoms with Gasteiger partial charge >= 0.3 is 0 Å². The van der Waals surface area contributed by atoms with Gasteiger partial charge in [0.1, 0.15) is 0 Å². The number of hydrogen-bond acceptors (Lipinski definition) is 4. The molecule has 0 aromatic heterocycles. The molecule has 0 aromatic carbocycles. The Morgan fingerprint density at radius 2 is 1.70 bits per heavy atom. The summed E-state index contributed by atoms with van der Waals surface area (Å²) >= 11 is 0. The Kier molecular flexibility index (Phi) is 1.80. The fraction of sp³-hybridized carbons (Fsp3) is 0.500. The fourth-order valence-corrected chi connectivity index (χ4v) is 0.913. The molecule has 10 heavy (non-hydrogen) atoms. The second-order valence-corrected chi connectivity index (χ2v) is 2.15. The summed E-state index contributed by atoms with van der Waals surface area (Å²) in [7, 11) is 0. The van der Waals surface area contributed by atoms with E-state index in [9.17, 15) is 9.59 Å². The van der Waals surface area contributed by atoms with Crippen LogP contribution in [0.2, 0.25) is 0 Å². The van der Waals surface area contributed by atoms with Crippen LogP contribution in [0.15, 0.2) is 5.16 Å². The largest absolute Gasteiger partial charge is 0.410 e. The molecule has 1 saturated carbocycles. The van der Waals surface area contributed by atoms with E-state index in [0.29, 0.717) is 19.3 Å². The van der Waals surface area contributed by atoms with E-state index in [1.807, 2.05) is 0 Å². The second kappa shape index (κ2) is 2.60. The zero-order valence-corrected chi connectivity index (χ0v) is 5.33. The van der Waals surface area contributed by atoms with Gasteiger partial charge in [0.2, 0.25) is 0 Å². The Bertz CT molecular complexity index is 189. The molecule has 1 N–H and O–H groups in total. The molecule has 0 amide bonds. The molecule has 1 aliphatic rings. The van der Waals surface area contributed by atoms with Gasteiger partial charge in [0.25, 0.3) is 0 Å². The van der Waals surface area contributed by atoms with Crippen LogP contribution in [0.4, 0.5) is 0 Å². The molecule has 54 valence electrons. The molecule has 1 fully saturated rings. The highest BCUT2D eigenvalue weighted by molar-refractivity contribution is 6.66. The minimum absolute atomic E-state index is 0.286. The first kappa shape index (κ1) is 6.92. The van der Waals surface area contributed by atoms with Crippen LogP contribution >= 0.6 is 0 Å². The van der Waals surface area contributed by atoms with E-state index in [1.165, 1.54) is 0 Å². The van der Waals surface area contributed by atoms with Crippen LogP contribution in [-0.4, -0.2) is 22.5 Å². The van der Waals surface area contributed by atoms with Crippen molar-refractivity contribution in [3.63, 3.8) is 0 Å². The Morgan fingerprint density at radius 1 is 1.20 bits per heavy atom. The monoisotopic (exact) mass is 141 g/mol. The van der Waals surface area contributed by atoms with E-state index in [4.69, 9.17) is 5.21 Å². The second-order valence-electron chi connectivity index (χ2n) is 2.15. The lowest BCUT2D eigenvalue weighted by Gasteiger charge is -2.06. The molecule has 1 aliphatic carbocycles. The molecule has 0 heterocycles. The number of ketones is 2. The van der Waals surface area contributed by atoms with Crippen molar-refractivity contribution in [1.82, 2.24) is 0 Å². The predicted molar refractivity (Wildman–Crippen MR) is 33.1 cm³/mol. The van der Waals surface area contributed by atoms with Crippen LogP contribution in [0.5, 0.6) is 0 Å². The molecule has 1 rings (SSSR count). The highest BCUT2D eigenvalue weighted by Crippen LogP contribution is 2.08. The van der Waals surface area contributed by atoms with Gasteiger partial charge in [-0.2, -0.15) is 0 Å². The SMILES string of the molecule is O=C1CCCC(=O)C1=NO. The van der Waals surface area contributed by atoms with E-state index >= 15 is 0 Å². The number of hydrogen-bond donors (Lipinski definition) is 1. The summed E-state index contributed by atoms with van der Waals surface area (Å²) in [6.07, 6.45) is 1.23. The average Bonchev–Trinajstić information content (AvgIpc) is 1.88. The summed E-state index contributed by atoms with van der Waals surface area (Å²) in [5.74, 6) is -0.697. The van der Waals surface area contributed by atoms with Crippen molar-refractivity contribution < 1.29 is 14.8 Å². The van der Waals surface area contributed by atoms with Gasteiger partial charge < -0.3 is 5.21 Å². The van der Waals surface area contributed by atoms with Crippen molar-refractivity contribution >= 4 is 17.3 Å². The van der Waals surface area contributed by atoms with Crippen LogP contribution in [0, 0.1) is 0 Å². The van der Waals surface area contributed by atoms with Gasteiger partial charge in [-0.3, -0.25) is 9.59 Å². The van der Waals surface area contributed by atoms with Gasteiger partial charge in [0.05, 0.1) is 0 Å². The fourth-order valence-electron chi connectivity index (χ4n) is 0.913. The van der Waals surface area contributed by atoms with Crippen molar-refractivity contribution in [2.75, 3.05) is 0 Å².